The van der Waals surface area contributed by atoms with Crippen LogP contribution in [0.2, 0.25) is 0 Å². The summed E-state index contributed by atoms with van der Waals surface area (Å²) in [6.45, 7) is 1.68. The van der Waals surface area contributed by atoms with Gasteiger partial charge in [-0.25, -0.2) is 9.18 Å². The summed E-state index contributed by atoms with van der Waals surface area (Å²) in [5.41, 5.74) is 0.0556. The molecule has 25 heavy (non-hydrogen) atoms. The number of carbonyl (C=O) groups excluding carboxylic acids is 1. The Hall–Kier alpha value is -2.57. The van der Waals surface area contributed by atoms with E-state index in [1.807, 2.05) is 0 Å². The zero-order valence-corrected chi connectivity index (χ0v) is 13.5. The minimum atomic E-state index is -4.42. The number of rotatable bonds is 5. The molecule has 7 heteroatoms. The van der Waals surface area contributed by atoms with Crippen LogP contribution in [0.4, 0.5) is 22.4 Å². The van der Waals surface area contributed by atoms with Crippen LogP contribution in [0.3, 0.4) is 0 Å². The van der Waals surface area contributed by atoms with Crippen molar-refractivity contribution in [2.45, 2.75) is 32.1 Å². The van der Waals surface area contributed by atoms with Crippen LogP contribution in [0.25, 0.3) is 0 Å². The zero-order chi connectivity index (χ0) is 18.4. The van der Waals surface area contributed by atoms with Crippen molar-refractivity contribution in [3.8, 4) is 0 Å². The Kier molecular flexibility index (Phi) is 6.01. The highest BCUT2D eigenvalue weighted by atomic mass is 19.4. The second kappa shape index (κ2) is 8.00. The smallest absolute Gasteiger partial charge is 0.335 e. The molecule has 3 nitrogen and oxygen atoms in total. The monoisotopic (exact) mass is 354 g/mol. The Balaban J connectivity index is 1.85. The van der Waals surface area contributed by atoms with Gasteiger partial charge >= 0.3 is 12.2 Å². The fraction of sp³-hybridized carbons (Fsp3) is 0.278. The van der Waals surface area contributed by atoms with Gasteiger partial charge in [0.15, 0.2) is 0 Å². The van der Waals surface area contributed by atoms with Crippen LogP contribution in [-0.2, 0) is 19.1 Å². The molecule has 0 radical (unpaired) electrons. The normalized spacial score (nSPS) is 12.5. The second-order valence-electron chi connectivity index (χ2n) is 5.72. The van der Waals surface area contributed by atoms with E-state index in [0.29, 0.717) is 17.5 Å². The maximum Gasteiger partial charge on any atom is 0.416 e. The van der Waals surface area contributed by atoms with Crippen LogP contribution in [0.15, 0.2) is 48.5 Å². The van der Waals surface area contributed by atoms with Gasteiger partial charge in [-0.2, -0.15) is 13.2 Å². The summed E-state index contributed by atoms with van der Waals surface area (Å²) in [5.74, 6) is -0.347. The number of halogens is 4. The van der Waals surface area contributed by atoms with E-state index in [1.54, 1.807) is 25.1 Å². The van der Waals surface area contributed by atoms with Gasteiger partial charge in [-0.05, 0) is 42.7 Å². The Morgan fingerprint density at radius 1 is 1.12 bits per heavy atom. The third kappa shape index (κ3) is 5.77. The lowest BCUT2D eigenvalue weighted by atomic mass is 10.1. The molecule has 0 saturated carbocycles. The van der Waals surface area contributed by atoms with E-state index in [0.717, 1.165) is 12.1 Å². The Labute approximate surface area is 143 Å². The van der Waals surface area contributed by atoms with Crippen molar-refractivity contribution in [3.63, 3.8) is 0 Å². The Morgan fingerprint density at radius 3 is 2.52 bits per heavy atom. The highest BCUT2D eigenvalue weighted by molar-refractivity contribution is 5.74. The molecule has 0 aliphatic carbocycles. The van der Waals surface area contributed by atoms with Crippen LogP contribution in [0.1, 0.15) is 23.6 Å². The third-order valence-electron chi connectivity index (χ3n) is 3.57. The molecule has 0 saturated heterocycles. The molecule has 2 aromatic rings. The lowest BCUT2D eigenvalue weighted by Gasteiger charge is -2.15. The van der Waals surface area contributed by atoms with Crippen LogP contribution in [0.5, 0.6) is 0 Å². The van der Waals surface area contributed by atoms with Gasteiger partial charge in [0.2, 0.25) is 0 Å². The molecule has 134 valence electrons. The summed E-state index contributed by atoms with van der Waals surface area (Å²) in [5, 5.41) is 5.13. The fourth-order valence-electron chi connectivity index (χ4n) is 2.36. The molecule has 0 aliphatic rings. The average molecular weight is 354 g/mol. The van der Waals surface area contributed by atoms with Crippen molar-refractivity contribution >= 4 is 6.03 Å². The van der Waals surface area contributed by atoms with E-state index in [2.05, 4.69) is 10.6 Å². The topological polar surface area (TPSA) is 41.1 Å². The van der Waals surface area contributed by atoms with E-state index in [4.69, 9.17) is 0 Å². The average Bonchev–Trinajstić information content (AvgIpc) is 2.54. The molecule has 0 fully saturated rings. The lowest BCUT2D eigenvalue weighted by Crippen LogP contribution is -2.41. The molecule has 2 amide bonds. The summed E-state index contributed by atoms with van der Waals surface area (Å²) in [6.07, 6.45) is -4.11. The number of alkyl halides is 3. The number of urea groups is 1. The van der Waals surface area contributed by atoms with E-state index in [1.165, 1.54) is 18.2 Å². The highest BCUT2D eigenvalue weighted by Gasteiger charge is 2.30. The first-order valence-corrected chi connectivity index (χ1v) is 7.69. The molecular formula is C18H18F4N2O. The summed E-state index contributed by atoms with van der Waals surface area (Å²) in [4.78, 5) is 11.8. The molecular weight excluding hydrogens is 336 g/mol. The van der Waals surface area contributed by atoms with Gasteiger partial charge in [0.25, 0.3) is 0 Å². The second-order valence-corrected chi connectivity index (χ2v) is 5.72. The molecule has 0 aliphatic heterocycles. The standard InChI is InChI=1S/C18H18F4N2O/c1-12(9-14-6-2-3-8-16(14)19)24-17(25)23-11-13-5-4-7-15(10-13)18(20,21)22/h2-8,10,12H,9,11H2,1H3,(H2,23,24,25). The van der Waals surface area contributed by atoms with Gasteiger partial charge in [0, 0.05) is 12.6 Å². The van der Waals surface area contributed by atoms with Gasteiger partial charge in [-0.1, -0.05) is 30.3 Å². The number of hydrogen-bond acceptors (Lipinski definition) is 1. The first-order chi connectivity index (χ1) is 11.8. The third-order valence-corrected chi connectivity index (χ3v) is 3.57. The SMILES string of the molecule is CC(Cc1ccccc1F)NC(=O)NCc1cccc(C(F)(F)F)c1. The molecule has 2 aromatic carbocycles. The molecule has 1 unspecified atom stereocenters. The molecule has 0 bridgehead atoms. The maximum absolute atomic E-state index is 13.6. The quantitative estimate of drug-likeness (QED) is 0.774. The summed E-state index contributed by atoms with van der Waals surface area (Å²) >= 11 is 0. The number of amides is 2. The van der Waals surface area contributed by atoms with Gasteiger partial charge < -0.3 is 10.6 Å². The van der Waals surface area contributed by atoms with E-state index < -0.39 is 17.8 Å². The number of benzene rings is 2. The van der Waals surface area contributed by atoms with Crippen molar-refractivity contribution in [2.75, 3.05) is 0 Å². The molecule has 0 spiro atoms. The van der Waals surface area contributed by atoms with Crippen LogP contribution in [0, 0.1) is 5.82 Å². The minimum Gasteiger partial charge on any atom is -0.335 e. The molecule has 1 atom stereocenters. The Bertz CT molecular complexity index is 731. The van der Waals surface area contributed by atoms with Gasteiger partial charge in [-0.3, -0.25) is 0 Å². The molecule has 0 aromatic heterocycles. The summed E-state index contributed by atoms with van der Waals surface area (Å²) < 4.78 is 51.5. The minimum absolute atomic E-state index is 0.0395. The van der Waals surface area contributed by atoms with Gasteiger partial charge in [0.1, 0.15) is 5.82 Å². The molecule has 2 rings (SSSR count). The van der Waals surface area contributed by atoms with Crippen molar-refractivity contribution < 1.29 is 22.4 Å². The fourth-order valence-corrected chi connectivity index (χ4v) is 2.36. The van der Waals surface area contributed by atoms with Crippen molar-refractivity contribution in [2.24, 2.45) is 0 Å². The predicted octanol–water partition coefficient (Wildman–Crippen LogP) is 4.27. The number of nitrogens with one attached hydrogen (secondary N) is 2. The zero-order valence-electron chi connectivity index (χ0n) is 13.5. The summed E-state index contributed by atoms with van der Waals surface area (Å²) in [7, 11) is 0. The highest BCUT2D eigenvalue weighted by Crippen LogP contribution is 2.29. The van der Waals surface area contributed by atoms with Gasteiger partial charge in [0.05, 0.1) is 5.56 Å². The van der Waals surface area contributed by atoms with E-state index in [-0.39, 0.29) is 18.4 Å². The van der Waals surface area contributed by atoms with Gasteiger partial charge in [-0.15, -0.1) is 0 Å². The van der Waals surface area contributed by atoms with Crippen LogP contribution >= 0.6 is 0 Å². The number of hydrogen-bond donors (Lipinski definition) is 2. The first-order valence-electron chi connectivity index (χ1n) is 7.69. The lowest BCUT2D eigenvalue weighted by molar-refractivity contribution is -0.137. The van der Waals surface area contributed by atoms with E-state index in [9.17, 15) is 22.4 Å². The first kappa shape index (κ1) is 18.8. The Morgan fingerprint density at radius 2 is 1.84 bits per heavy atom. The van der Waals surface area contributed by atoms with Crippen LogP contribution < -0.4 is 10.6 Å². The van der Waals surface area contributed by atoms with Crippen LogP contribution in [-0.4, -0.2) is 12.1 Å². The molecule has 2 N–H and O–H groups in total. The van der Waals surface area contributed by atoms with Crippen molar-refractivity contribution in [3.05, 3.63) is 71.0 Å². The molecule has 0 heterocycles. The number of carbonyl (C=O) groups is 1. The predicted molar refractivity (Wildman–Crippen MR) is 86.4 cm³/mol. The largest absolute Gasteiger partial charge is 0.416 e. The maximum atomic E-state index is 13.6. The summed E-state index contributed by atoms with van der Waals surface area (Å²) in [6, 6.07) is 10.2. The van der Waals surface area contributed by atoms with Crippen molar-refractivity contribution in [1.82, 2.24) is 10.6 Å². The van der Waals surface area contributed by atoms with E-state index >= 15 is 0 Å². The van der Waals surface area contributed by atoms with Crippen molar-refractivity contribution in [1.29, 1.82) is 0 Å².